The summed E-state index contributed by atoms with van der Waals surface area (Å²) in [5.74, 6) is -1.01. The molecule has 0 aromatic heterocycles. The van der Waals surface area contributed by atoms with E-state index in [1.807, 2.05) is 13.8 Å². The second kappa shape index (κ2) is 4.15. The quantitative estimate of drug-likeness (QED) is 0.706. The second-order valence-electron chi connectivity index (χ2n) is 5.87. The molecule has 5 nitrogen and oxygen atoms in total. The summed E-state index contributed by atoms with van der Waals surface area (Å²) < 4.78 is 16.8. The third kappa shape index (κ3) is 2.32. The molecule has 0 amide bonds. The average Bonchev–Trinajstić information content (AvgIpc) is 3.05. The van der Waals surface area contributed by atoms with E-state index in [0.717, 1.165) is 18.4 Å². The number of hydrogen-bond acceptors (Lipinski definition) is 5. The first-order valence-corrected chi connectivity index (χ1v) is 6.65. The lowest BCUT2D eigenvalue weighted by molar-refractivity contribution is -0.172. The van der Waals surface area contributed by atoms with Crippen molar-refractivity contribution >= 4 is 11.8 Å². The maximum absolute atomic E-state index is 12.1. The van der Waals surface area contributed by atoms with Crippen LogP contribution in [0.4, 0.5) is 0 Å². The summed E-state index contributed by atoms with van der Waals surface area (Å²) in [5.41, 5.74) is 1.00. The molecule has 1 aliphatic heterocycles. The highest BCUT2D eigenvalue weighted by molar-refractivity contribution is 5.97. The van der Waals surface area contributed by atoms with Crippen molar-refractivity contribution in [2.45, 2.75) is 57.7 Å². The Bertz CT molecular complexity index is 460. The van der Waals surface area contributed by atoms with Crippen molar-refractivity contribution in [1.29, 1.82) is 0 Å². The van der Waals surface area contributed by atoms with Gasteiger partial charge in [-0.15, -0.1) is 0 Å². The van der Waals surface area contributed by atoms with Gasteiger partial charge in [0.05, 0.1) is 0 Å². The predicted octanol–water partition coefficient (Wildman–Crippen LogP) is 1.36. The summed E-state index contributed by atoms with van der Waals surface area (Å²) in [5, 5.41) is 0. The molecule has 2 aliphatic carbocycles. The zero-order chi connectivity index (χ0) is 13.8. The maximum atomic E-state index is 12.1. The van der Waals surface area contributed by atoms with Gasteiger partial charge in [-0.25, -0.2) is 0 Å². The minimum atomic E-state index is -0.883. The summed E-state index contributed by atoms with van der Waals surface area (Å²) >= 11 is 0. The van der Waals surface area contributed by atoms with Crippen LogP contribution < -0.4 is 0 Å². The molecule has 1 heterocycles. The van der Waals surface area contributed by atoms with Gasteiger partial charge in [0.15, 0.2) is 17.7 Å². The van der Waals surface area contributed by atoms with Gasteiger partial charge in [-0.05, 0) is 44.3 Å². The van der Waals surface area contributed by atoms with E-state index in [1.54, 1.807) is 6.08 Å². The number of esters is 1. The summed E-state index contributed by atoms with van der Waals surface area (Å²) in [4.78, 5) is 23.3. The molecule has 1 saturated heterocycles. The van der Waals surface area contributed by atoms with Gasteiger partial charge in [-0.1, -0.05) is 0 Å². The molecule has 3 aliphatic rings. The molecule has 5 heteroatoms. The molecule has 3 atom stereocenters. The first-order chi connectivity index (χ1) is 8.87. The van der Waals surface area contributed by atoms with Gasteiger partial charge in [0.25, 0.3) is 0 Å². The third-order valence-corrected chi connectivity index (χ3v) is 3.69. The highest BCUT2D eigenvalue weighted by Gasteiger charge is 2.54. The molecule has 3 rings (SSSR count). The summed E-state index contributed by atoms with van der Waals surface area (Å²) in [6.45, 7) is 4.92. The Morgan fingerprint density at radius 3 is 2.63 bits per heavy atom. The van der Waals surface area contributed by atoms with Crippen LogP contribution in [0.1, 0.15) is 33.6 Å². The summed E-state index contributed by atoms with van der Waals surface area (Å²) in [6.07, 6.45) is 2.09. The van der Waals surface area contributed by atoms with Gasteiger partial charge < -0.3 is 14.2 Å². The van der Waals surface area contributed by atoms with E-state index in [0.29, 0.717) is 5.92 Å². The van der Waals surface area contributed by atoms with Crippen LogP contribution in [-0.4, -0.2) is 35.9 Å². The summed E-state index contributed by atoms with van der Waals surface area (Å²) in [7, 11) is 0. The molecule has 0 aromatic rings. The lowest BCUT2D eigenvalue weighted by Gasteiger charge is -2.29. The molecule has 0 bridgehead atoms. The van der Waals surface area contributed by atoms with Gasteiger partial charge in [0, 0.05) is 6.92 Å². The lowest BCUT2D eigenvalue weighted by Crippen LogP contribution is -2.47. The molecule has 0 aromatic carbocycles. The first kappa shape index (κ1) is 12.8. The molecule has 1 saturated carbocycles. The van der Waals surface area contributed by atoms with Crippen LogP contribution in [-0.2, 0) is 23.8 Å². The zero-order valence-corrected chi connectivity index (χ0v) is 11.3. The largest absolute Gasteiger partial charge is 0.451 e. The topological polar surface area (TPSA) is 61.8 Å². The molecular formula is C14H18O5. The zero-order valence-electron chi connectivity index (χ0n) is 11.3. The van der Waals surface area contributed by atoms with E-state index in [1.165, 1.54) is 6.92 Å². The Labute approximate surface area is 111 Å². The number of ketones is 1. The van der Waals surface area contributed by atoms with Gasteiger partial charge in [0.1, 0.15) is 12.2 Å². The number of hydrogen-bond donors (Lipinski definition) is 0. The molecule has 19 heavy (non-hydrogen) atoms. The van der Waals surface area contributed by atoms with Crippen molar-refractivity contribution < 1.29 is 23.8 Å². The fraction of sp³-hybridized carbons (Fsp3) is 0.714. The maximum Gasteiger partial charge on any atom is 0.303 e. The highest BCUT2D eigenvalue weighted by Crippen LogP contribution is 2.46. The van der Waals surface area contributed by atoms with Crippen LogP contribution in [0.25, 0.3) is 0 Å². The number of ether oxygens (including phenoxy) is 3. The standard InChI is InChI=1S/C14H18O5/c1-7(15)17-12-10(16)6-9(8-4-5-8)11-13(12)19-14(2,3)18-11/h6,8,11-13H,4-5H2,1-3H3/t11-,12-,13-/m1/s1. The lowest BCUT2D eigenvalue weighted by atomic mass is 9.88. The number of rotatable bonds is 2. The van der Waals surface area contributed by atoms with Crippen molar-refractivity contribution in [2.24, 2.45) is 5.92 Å². The van der Waals surface area contributed by atoms with Crippen LogP contribution in [0.3, 0.4) is 0 Å². The van der Waals surface area contributed by atoms with E-state index < -0.39 is 24.0 Å². The minimum Gasteiger partial charge on any atom is -0.451 e. The molecule has 0 spiro atoms. The molecule has 2 fully saturated rings. The van der Waals surface area contributed by atoms with E-state index in [4.69, 9.17) is 14.2 Å². The van der Waals surface area contributed by atoms with Crippen molar-refractivity contribution in [3.05, 3.63) is 11.6 Å². The van der Waals surface area contributed by atoms with E-state index in [9.17, 15) is 9.59 Å². The van der Waals surface area contributed by atoms with Crippen molar-refractivity contribution in [3.63, 3.8) is 0 Å². The van der Waals surface area contributed by atoms with Gasteiger partial charge in [0.2, 0.25) is 0 Å². The van der Waals surface area contributed by atoms with Crippen LogP contribution in [0.5, 0.6) is 0 Å². The van der Waals surface area contributed by atoms with Crippen LogP contribution in [0.15, 0.2) is 11.6 Å². The van der Waals surface area contributed by atoms with Crippen LogP contribution in [0, 0.1) is 5.92 Å². The Morgan fingerprint density at radius 2 is 2.05 bits per heavy atom. The van der Waals surface area contributed by atoms with Gasteiger partial charge >= 0.3 is 5.97 Å². The molecule has 0 N–H and O–H groups in total. The van der Waals surface area contributed by atoms with E-state index >= 15 is 0 Å². The Hall–Kier alpha value is -1.20. The van der Waals surface area contributed by atoms with E-state index in [-0.39, 0.29) is 11.9 Å². The Balaban J connectivity index is 1.92. The molecule has 0 unspecified atom stereocenters. The van der Waals surface area contributed by atoms with Crippen LogP contribution >= 0.6 is 0 Å². The van der Waals surface area contributed by atoms with Crippen molar-refractivity contribution in [2.75, 3.05) is 0 Å². The third-order valence-electron chi connectivity index (χ3n) is 3.69. The number of carbonyl (C=O) groups excluding carboxylic acids is 2. The van der Waals surface area contributed by atoms with Gasteiger partial charge in [-0.3, -0.25) is 9.59 Å². The Kier molecular flexibility index (Phi) is 2.80. The van der Waals surface area contributed by atoms with Gasteiger partial charge in [-0.2, -0.15) is 0 Å². The predicted molar refractivity (Wildman–Crippen MR) is 65.2 cm³/mol. The average molecular weight is 266 g/mol. The Morgan fingerprint density at radius 1 is 1.37 bits per heavy atom. The first-order valence-electron chi connectivity index (χ1n) is 6.65. The monoisotopic (exact) mass is 266 g/mol. The summed E-state index contributed by atoms with van der Waals surface area (Å²) in [6, 6.07) is 0. The van der Waals surface area contributed by atoms with Crippen molar-refractivity contribution in [3.8, 4) is 0 Å². The van der Waals surface area contributed by atoms with E-state index in [2.05, 4.69) is 0 Å². The van der Waals surface area contributed by atoms with Crippen LogP contribution in [0.2, 0.25) is 0 Å². The molecule has 104 valence electrons. The number of carbonyl (C=O) groups is 2. The normalized spacial score (nSPS) is 36.7. The molecular weight excluding hydrogens is 248 g/mol. The number of fused-ring (bicyclic) bond motifs is 1. The fourth-order valence-corrected chi connectivity index (χ4v) is 2.83. The molecule has 0 radical (unpaired) electrons. The van der Waals surface area contributed by atoms with Crippen molar-refractivity contribution in [1.82, 2.24) is 0 Å². The smallest absolute Gasteiger partial charge is 0.303 e. The minimum absolute atomic E-state index is 0.195. The SMILES string of the molecule is CC(=O)O[C@@H]1C(=O)C=C(C2CC2)[C@H]2OC(C)(C)O[C@@H]12. The second-order valence-corrected chi connectivity index (χ2v) is 5.87. The highest BCUT2D eigenvalue weighted by atomic mass is 16.8. The fourth-order valence-electron chi connectivity index (χ4n) is 2.83.